The summed E-state index contributed by atoms with van der Waals surface area (Å²) in [4.78, 5) is 10.8. The molecule has 0 amide bonds. The van der Waals surface area contributed by atoms with E-state index in [9.17, 15) is 17.6 Å². The summed E-state index contributed by atoms with van der Waals surface area (Å²) < 4.78 is 37.2. The van der Waals surface area contributed by atoms with Crippen molar-refractivity contribution >= 4 is 15.8 Å². The molecule has 0 bridgehead atoms. The number of carboxylic acid groups (broad SMARTS) is 1. The molecule has 1 aromatic carbocycles. The fourth-order valence-electron chi connectivity index (χ4n) is 2.32. The lowest BCUT2D eigenvalue weighted by Gasteiger charge is -2.15. The smallest absolute Gasteiger partial charge is 0.307 e. The fourth-order valence-corrected chi connectivity index (χ4v) is 3.29. The molecule has 1 fully saturated rings. The maximum absolute atomic E-state index is 13.9. The van der Waals surface area contributed by atoms with Gasteiger partial charge in [0.1, 0.15) is 5.82 Å². The van der Waals surface area contributed by atoms with Crippen LogP contribution in [0.1, 0.15) is 18.0 Å². The van der Waals surface area contributed by atoms with Crippen LogP contribution in [-0.2, 0) is 14.6 Å². The molecule has 0 saturated carbocycles. The zero-order valence-electron chi connectivity index (χ0n) is 10.3. The van der Waals surface area contributed by atoms with Gasteiger partial charge in [-0.2, -0.15) is 0 Å². The highest BCUT2D eigenvalue weighted by molar-refractivity contribution is 7.90. The second-order valence-electron chi connectivity index (χ2n) is 4.66. The Labute approximate surface area is 110 Å². The van der Waals surface area contributed by atoms with Crippen molar-refractivity contribution in [3.8, 4) is 0 Å². The quantitative estimate of drug-likeness (QED) is 0.865. The summed E-state index contributed by atoms with van der Waals surface area (Å²) in [5, 5.41) is 11.8. The number of hydrogen-bond acceptors (Lipinski definition) is 4. The predicted octanol–water partition coefficient (Wildman–Crippen LogP) is 0.964. The molecule has 2 atom stereocenters. The van der Waals surface area contributed by atoms with E-state index < -0.39 is 33.6 Å². The minimum Gasteiger partial charge on any atom is -0.481 e. The molecule has 2 unspecified atom stereocenters. The first-order valence-electron chi connectivity index (χ1n) is 5.75. The van der Waals surface area contributed by atoms with Crippen LogP contribution in [0.25, 0.3) is 0 Å². The second-order valence-corrected chi connectivity index (χ2v) is 6.64. The van der Waals surface area contributed by atoms with E-state index in [0.717, 1.165) is 6.26 Å². The molecular formula is C12H14FNO4S. The molecule has 1 aromatic rings. The minimum absolute atomic E-state index is 0.0359. The van der Waals surface area contributed by atoms with Gasteiger partial charge in [0.25, 0.3) is 0 Å². The molecule has 0 aliphatic carbocycles. The third-order valence-corrected chi connectivity index (χ3v) is 4.40. The Morgan fingerprint density at radius 3 is 2.68 bits per heavy atom. The molecule has 5 nitrogen and oxygen atoms in total. The molecule has 0 radical (unpaired) electrons. The average molecular weight is 287 g/mol. The molecule has 2 N–H and O–H groups in total. The van der Waals surface area contributed by atoms with Crippen LogP contribution < -0.4 is 5.32 Å². The standard InChI is InChI=1S/C12H14FNO4S/c1-19(17,18)10-4-2-3-8(13)11(10)9-5-7(6-14-9)12(15)16/h2-4,7,9,14H,5-6H2,1H3,(H,15,16). The van der Waals surface area contributed by atoms with E-state index in [4.69, 9.17) is 5.11 Å². The fraction of sp³-hybridized carbons (Fsp3) is 0.417. The zero-order valence-corrected chi connectivity index (χ0v) is 11.1. The number of carbonyl (C=O) groups is 1. The van der Waals surface area contributed by atoms with Crippen LogP contribution in [0.2, 0.25) is 0 Å². The third-order valence-electron chi connectivity index (χ3n) is 3.24. The Hall–Kier alpha value is -1.47. The summed E-state index contributed by atoms with van der Waals surface area (Å²) in [6.07, 6.45) is 1.19. The van der Waals surface area contributed by atoms with E-state index in [1.807, 2.05) is 0 Å². The summed E-state index contributed by atoms with van der Waals surface area (Å²) in [7, 11) is -3.56. The number of sulfone groups is 1. The van der Waals surface area contributed by atoms with Crippen LogP contribution in [0.4, 0.5) is 4.39 Å². The van der Waals surface area contributed by atoms with E-state index in [1.54, 1.807) is 0 Å². The molecule has 2 rings (SSSR count). The number of halogens is 1. The van der Waals surface area contributed by atoms with E-state index in [1.165, 1.54) is 18.2 Å². The number of rotatable bonds is 3. The van der Waals surface area contributed by atoms with Crippen molar-refractivity contribution in [3.63, 3.8) is 0 Å². The van der Waals surface area contributed by atoms with Crippen molar-refractivity contribution in [1.82, 2.24) is 5.32 Å². The third kappa shape index (κ3) is 2.76. The minimum atomic E-state index is -3.56. The zero-order chi connectivity index (χ0) is 14.2. The predicted molar refractivity (Wildman–Crippen MR) is 66.0 cm³/mol. The first-order chi connectivity index (χ1) is 8.80. The lowest BCUT2D eigenvalue weighted by Crippen LogP contribution is -2.19. The van der Waals surface area contributed by atoms with Crippen LogP contribution in [0.3, 0.4) is 0 Å². The van der Waals surface area contributed by atoms with Gasteiger partial charge in [0.2, 0.25) is 0 Å². The topological polar surface area (TPSA) is 83.5 Å². The van der Waals surface area contributed by atoms with Crippen molar-refractivity contribution in [3.05, 3.63) is 29.6 Å². The van der Waals surface area contributed by atoms with Crippen molar-refractivity contribution in [2.24, 2.45) is 5.92 Å². The Bertz CT molecular complexity index is 614. The Morgan fingerprint density at radius 1 is 1.47 bits per heavy atom. The molecule has 7 heteroatoms. The van der Waals surface area contributed by atoms with Crippen molar-refractivity contribution in [2.45, 2.75) is 17.4 Å². The normalized spacial score (nSPS) is 23.5. The van der Waals surface area contributed by atoms with Gasteiger partial charge in [0.05, 0.1) is 10.8 Å². The number of carboxylic acids is 1. The van der Waals surface area contributed by atoms with Gasteiger partial charge in [-0.1, -0.05) is 6.07 Å². The summed E-state index contributed by atoms with van der Waals surface area (Å²) in [6, 6.07) is 3.26. The lowest BCUT2D eigenvalue weighted by atomic mass is 10.00. The molecule has 0 spiro atoms. The molecule has 1 saturated heterocycles. The first-order valence-corrected chi connectivity index (χ1v) is 7.64. The van der Waals surface area contributed by atoms with Gasteiger partial charge >= 0.3 is 5.97 Å². The Kier molecular flexibility index (Phi) is 3.60. The van der Waals surface area contributed by atoms with E-state index in [-0.39, 0.29) is 23.4 Å². The number of benzene rings is 1. The van der Waals surface area contributed by atoms with Gasteiger partial charge in [-0.05, 0) is 18.6 Å². The van der Waals surface area contributed by atoms with Gasteiger partial charge in [0, 0.05) is 24.4 Å². The molecule has 19 heavy (non-hydrogen) atoms. The highest BCUT2D eigenvalue weighted by Gasteiger charge is 2.34. The maximum Gasteiger partial charge on any atom is 0.307 e. The SMILES string of the molecule is CS(=O)(=O)c1cccc(F)c1C1CC(C(=O)O)CN1. The Balaban J connectivity index is 2.44. The average Bonchev–Trinajstić information content (AvgIpc) is 2.76. The van der Waals surface area contributed by atoms with E-state index >= 15 is 0 Å². The van der Waals surface area contributed by atoms with Crippen LogP contribution in [0.5, 0.6) is 0 Å². The molecule has 0 aromatic heterocycles. The Morgan fingerprint density at radius 2 is 2.16 bits per heavy atom. The van der Waals surface area contributed by atoms with Crippen LogP contribution in [0.15, 0.2) is 23.1 Å². The van der Waals surface area contributed by atoms with Crippen molar-refractivity contribution in [2.75, 3.05) is 12.8 Å². The van der Waals surface area contributed by atoms with Crippen LogP contribution in [0, 0.1) is 11.7 Å². The molecule has 104 valence electrons. The first kappa shape index (κ1) is 14.0. The van der Waals surface area contributed by atoms with Crippen molar-refractivity contribution < 1.29 is 22.7 Å². The molecule has 1 heterocycles. The summed E-state index contributed by atoms with van der Waals surface area (Å²) >= 11 is 0. The number of hydrogen-bond donors (Lipinski definition) is 2. The van der Waals surface area contributed by atoms with Crippen molar-refractivity contribution in [1.29, 1.82) is 0 Å². The molecule has 1 aliphatic heterocycles. The number of nitrogens with one attached hydrogen (secondary N) is 1. The van der Waals surface area contributed by atoms with Gasteiger partial charge in [-0.3, -0.25) is 4.79 Å². The monoisotopic (exact) mass is 287 g/mol. The van der Waals surface area contributed by atoms with Gasteiger partial charge in [-0.25, -0.2) is 12.8 Å². The molecule has 1 aliphatic rings. The van der Waals surface area contributed by atoms with Crippen LogP contribution in [-0.4, -0.2) is 32.3 Å². The van der Waals surface area contributed by atoms with E-state index in [0.29, 0.717) is 0 Å². The number of aliphatic carboxylic acids is 1. The largest absolute Gasteiger partial charge is 0.481 e. The van der Waals surface area contributed by atoms with Gasteiger partial charge in [0.15, 0.2) is 9.84 Å². The highest BCUT2D eigenvalue weighted by atomic mass is 32.2. The van der Waals surface area contributed by atoms with E-state index in [2.05, 4.69) is 5.32 Å². The van der Waals surface area contributed by atoms with Crippen LogP contribution >= 0.6 is 0 Å². The van der Waals surface area contributed by atoms with Gasteiger partial charge in [-0.15, -0.1) is 0 Å². The summed E-state index contributed by atoms with van der Waals surface area (Å²) in [6.45, 7) is 0.206. The second kappa shape index (κ2) is 4.90. The molecular weight excluding hydrogens is 273 g/mol. The summed E-state index contributed by atoms with van der Waals surface area (Å²) in [5.74, 6) is -2.23. The lowest BCUT2D eigenvalue weighted by molar-refractivity contribution is -0.141. The van der Waals surface area contributed by atoms with Gasteiger partial charge < -0.3 is 10.4 Å². The highest BCUT2D eigenvalue weighted by Crippen LogP contribution is 2.33. The summed E-state index contributed by atoms with van der Waals surface area (Å²) in [5.41, 5.74) is 0.0359. The maximum atomic E-state index is 13.9.